The Kier molecular flexibility index (Phi) is 5.87. The monoisotopic (exact) mass is 394 g/mol. The van der Waals surface area contributed by atoms with E-state index < -0.39 is 15.7 Å². The molecule has 2 aromatic carbocycles. The lowest BCUT2D eigenvalue weighted by atomic mass is 10.0. The Morgan fingerprint density at radius 1 is 1.08 bits per heavy atom. The Hall–Kier alpha value is -2.19. The summed E-state index contributed by atoms with van der Waals surface area (Å²) in [6.07, 6.45) is 0. The summed E-state index contributed by atoms with van der Waals surface area (Å²) in [6.45, 7) is 3.32. The van der Waals surface area contributed by atoms with E-state index in [1.807, 2.05) is 6.07 Å². The molecular formula is C18H19ClN2O4S. The number of rotatable bonds is 2. The van der Waals surface area contributed by atoms with E-state index in [9.17, 15) is 13.5 Å². The lowest BCUT2D eigenvalue weighted by molar-refractivity contribution is 0.0751. The third kappa shape index (κ3) is 5.15. The average Bonchev–Trinajstić information content (AvgIpc) is 2.53. The Morgan fingerprint density at radius 3 is 2.19 bits per heavy atom. The second-order valence-electron chi connectivity index (χ2n) is 6.11. The van der Waals surface area contributed by atoms with Gasteiger partial charge in [-0.15, -0.1) is 0 Å². The Bertz CT molecular complexity index is 1020. The molecule has 3 aromatic rings. The number of halogens is 1. The summed E-state index contributed by atoms with van der Waals surface area (Å²) < 4.78 is 29.2. The van der Waals surface area contributed by atoms with Crippen LogP contribution < -0.4 is 5.73 Å². The van der Waals surface area contributed by atoms with E-state index in [1.165, 1.54) is 12.1 Å². The van der Waals surface area contributed by atoms with Gasteiger partial charge in [0.25, 0.3) is 10.1 Å². The van der Waals surface area contributed by atoms with Gasteiger partial charge in [-0.2, -0.15) is 8.42 Å². The first-order valence-electron chi connectivity index (χ1n) is 7.59. The number of pyridine rings is 1. The molecule has 6 nitrogen and oxygen atoms in total. The maximum Gasteiger partial charge on any atom is 0.294 e. The van der Waals surface area contributed by atoms with E-state index in [0.29, 0.717) is 16.4 Å². The average molecular weight is 395 g/mol. The molecule has 0 bridgehead atoms. The predicted octanol–water partition coefficient (Wildman–Crippen LogP) is 3.63. The predicted molar refractivity (Wildman–Crippen MR) is 103 cm³/mol. The summed E-state index contributed by atoms with van der Waals surface area (Å²) in [5, 5.41) is 11.4. The molecule has 0 spiro atoms. The number of aliphatic hydroxyl groups is 1. The molecule has 0 saturated carbocycles. The zero-order valence-corrected chi connectivity index (χ0v) is 15.8. The number of anilines is 1. The largest absolute Gasteiger partial charge is 0.397 e. The van der Waals surface area contributed by atoms with Gasteiger partial charge in [0, 0.05) is 10.4 Å². The first kappa shape index (κ1) is 20.1. The van der Waals surface area contributed by atoms with Crippen molar-refractivity contribution in [3.63, 3.8) is 0 Å². The minimum absolute atomic E-state index is 0.0741. The molecule has 0 aliphatic carbocycles. The van der Waals surface area contributed by atoms with Crippen molar-refractivity contribution in [2.45, 2.75) is 24.3 Å². The van der Waals surface area contributed by atoms with E-state index in [1.54, 1.807) is 50.2 Å². The highest BCUT2D eigenvalue weighted by Crippen LogP contribution is 2.28. The van der Waals surface area contributed by atoms with Crippen LogP contribution in [0.1, 0.15) is 19.5 Å². The van der Waals surface area contributed by atoms with Crippen LogP contribution in [0.25, 0.3) is 10.9 Å². The fourth-order valence-corrected chi connectivity index (χ4v) is 2.93. The van der Waals surface area contributed by atoms with Crippen LogP contribution in [-0.2, 0) is 15.7 Å². The number of hydrogen-bond acceptors (Lipinski definition) is 5. The topological polar surface area (TPSA) is 114 Å². The summed E-state index contributed by atoms with van der Waals surface area (Å²) in [4.78, 5) is 4.28. The highest BCUT2D eigenvalue weighted by atomic mass is 35.5. The molecule has 1 aromatic heterocycles. The summed E-state index contributed by atoms with van der Waals surface area (Å²) in [5.74, 6) is 0. The molecule has 3 rings (SSSR count). The minimum atomic E-state index is -4.00. The van der Waals surface area contributed by atoms with E-state index >= 15 is 0 Å². The van der Waals surface area contributed by atoms with Gasteiger partial charge < -0.3 is 10.8 Å². The lowest BCUT2D eigenvalue weighted by Crippen LogP contribution is -2.19. The van der Waals surface area contributed by atoms with Gasteiger partial charge in [0.1, 0.15) is 5.60 Å². The van der Waals surface area contributed by atoms with Crippen LogP contribution in [0, 0.1) is 0 Å². The first-order valence-corrected chi connectivity index (χ1v) is 9.41. The van der Waals surface area contributed by atoms with Crippen molar-refractivity contribution in [3.05, 3.63) is 65.3 Å². The molecule has 0 radical (unpaired) electrons. The van der Waals surface area contributed by atoms with Gasteiger partial charge in [-0.3, -0.25) is 4.55 Å². The van der Waals surface area contributed by atoms with Crippen molar-refractivity contribution < 1.29 is 18.1 Å². The van der Waals surface area contributed by atoms with Gasteiger partial charge in [0.2, 0.25) is 0 Å². The van der Waals surface area contributed by atoms with Crippen molar-refractivity contribution in [1.82, 2.24) is 4.98 Å². The molecule has 1 heterocycles. The van der Waals surface area contributed by atoms with E-state index in [0.717, 1.165) is 10.9 Å². The van der Waals surface area contributed by atoms with Crippen molar-refractivity contribution in [3.8, 4) is 0 Å². The van der Waals surface area contributed by atoms with Crippen molar-refractivity contribution in [2.75, 3.05) is 5.73 Å². The highest BCUT2D eigenvalue weighted by Gasteiger charge is 2.21. The van der Waals surface area contributed by atoms with Crippen molar-refractivity contribution >= 4 is 38.3 Å². The maximum absolute atomic E-state index is 10.4. The fraction of sp³-hybridized carbons (Fsp3) is 0.167. The van der Waals surface area contributed by atoms with E-state index in [-0.39, 0.29) is 4.90 Å². The second-order valence-corrected chi connectivity index (χ2v) is 7.97. The maximum atomic E-state index is 10.4. The Labute approximate surface area is 157 Å². The number of aromatic nitrogens is 1. The molecule has 26 heavy (non-hydrogen) atoms. The zero-order valence-electron chi connectivity index (χ0n) is 14.2. The summed E-state index contributed by atoms with van der Waals surface area (Å²) in [6, 6.07) is 14.6. The second kappa shape index (κ2) is 7.59. The highest BCUT2D eigenvalue weighted by molar-refractivity contribution is 7.85. The molecule has 0 atom stereocenters. The van der Waals surface area contributed by atoms with Gasteiger partial charge in [-0.05, 0) is 50.2 Å². The first-order chi connectivity index (χ1) is 12.0. The number of nitrogen functional groups attached to an aromatic ring is 1. The summed E-state index contributed by atoms with van der Waals surface area (Å²) >= 11 is 5.88. The Balaban J connectivity index is 0.000000209. The van der Waals surface area contributed by atoms with Crippen molar-refractivity contribution in [1.29, 1.82) is 0 Å². The van der Waals surface area contributed by atoms with Crippen LogP contribution in [0.5, 0.6) is 0 Å². The number of nitrogens with zero attached hydrogens (tertiary/aromatic N) is 1. The molecule has 8 heteroatoms. The molecule has 0 aliphatic heterocycles. The van der Waals surface area contributed by atoms with Gasteiger partial charge >= 0.3 is 0 Å². The van der Waals surface area contributed by atoms with Crippen LogP contribution in [0.4, 0.5) is 5.69 Å². The molecule has 0 fully saturated rings. The Morgan fingerprint density at radius 2 is 1.69 bits per heavy atom. The molecule has 138 valence electrons. The van der Waals surface area contributed by atoms with Crippen LogP contribution in [0.3, 0.4) is 0 Å². The van der Waals surface area contributed by atoms with Gasteiger partial charge in [0.15, 0.2) is 0 Å². The fourth-order valence-electron chi connectivity index (χ4n) is 2.25. The molecule has 4 N–H and O–H groups in total. The molecular weight excluding hydrogens is 376 g/mol. The molecule has 0 amide bonds. The third-order valence-electron chi connectivity index (χ3n) is 3.43. The zero-order chi connectivity index (χ0) is 19.5. The summed E-state index contributed by atoms with van der Waals surface area (Å²) in [5.41, 5.74) is 6.55. The van der Waals surface area contributed by atoms with E-state index in [2.05, 4.69) is 4.98 Å². The molecule has 0 saturated heterocycles. The third-order valence-corrected chi connectivity index (χ3v) is 4.53. The molecule has 0 aliphatic rings. The van der Waals surface area contributed by atoms with Gasteiger partial charge in [0.05, 0.1) is 21.8 Å². The number of benzene rings is 2. The number of hydrogen-bond donors (Lipinski definition) is 3. The normalized spacial score (nSPS) is 11.7. The van der Waals surface area contributed by atoms with E-state index in [4.69, 9.17) is 21.9 Å². The standard InChI is InChI=1S/C12H13ClN2O.C6H6O3S/c1-12(2,16)11-9(14)6-7-5-8(13)3-4-10(7)15-11;7-10(8,9)6-4-2-1-3-5-6/h3-6,16H,14H2,1-2H3;1-5H,(H,7,8,9). The van der Waals surface area contributed by atoms with Crippen LogP contribution in [-0.4, -0.2) is 23.1 Å². The number of fused-ring (bicyclic) bond motifs is 1. The quantitative estimate of drug-likeness (QED) is 0.572. The SMILES string of the molecule is CC(C)(O)c1nc2ccc(Cl)cc2cc1N.O=S(=O)(O)c1ccccc1. The summed E-state index contributed by atoms with van der Waals surface area (Å²) in [7, 11) is -4.00. The minimum Gasteiger partial charge on any atom is -0.397 e. The smallest absolute Gasteiger partial charge is 0.294 e. The van der Waals surface area contributed by atoms with Crippen LogP contribution in [0.2, 0.25) is 5.02 Å². The van der Waals surface area contributed by atoms with Gasteiger partial charge in [-0.25, -0.2) is 4.98 Å². The molecule has 0 unspecified atom stereocenters. The number of nitrogens with two attached hydrogens (primary N) is 1. The van der Waals surface area contributed by atoms with Crippen LogP contribution >= 0.6 is 11.6 Å². The van der Waals surface area contributed by atoms with Crippen LogP contribution in [0.15, 0.2) is 59.5 Å². The lowest BCUT2D eigenvalue weighted by Gasteiger charge is -2.19. The van der Waals surface area contributed by atoms with Gasteiger partial charge in [-0.1, -0.05) is 29.8 Å². The van der Waals surface area contributed by atoms with Crippen molar-refractivity contribution in [2.24, 2.45) is 0 Å².